The van der Waals surface area contributed by atoms with E-state index in [1.807, 2.05) is 78.9 Å². The van der Waals surface area contributed by atoms with Gasteiger partial charge in [-0.15, -0.1) is 0 Å². The molecule has 0 aliphatic carbocycles. The lowest BCUT2D eigenvalue weighted by Gasteiger charge is -2.26. The van der Waals surface area contributed by atoms with Crippen molar-refractivity contribution in [3.63, 3.8) is 0 Å². The first-order valence-corrected chi connectivity index (χ1v) is 10.6. The van der Waals surface area contributed by atoms with Crippen molar-refractivity contribution in [1.82, 2.24) is 0 Å². The Labute approximate surface area is 194 Å². The van der Waals surface area contributed by atoms with Crippen molar-refractivity contribution in [2.75, 3.05) is 19.1 Å². The van der Waals surface area contributed by atoms with Crippen LogP contribution in [0.2, 0.25) is 0 Å². The fraction of sp³-hybridized carbons (Fsp3) is 0.0690. The number of benzene rings is 4. The number of methoxy groups -OCH3 is 2. The topological polar surface area (TPSA) is 38.8 Å². The van der Waals surface area contributed by atoms with Gasteiger partial charge in [0.2, 0.25) is 0 Å². The quantitative estimate of drug-likeness (QED) is 0.217. The highest BCUT2D eigenvalue weighted by Crippen LogP contribution is 2.36. The minimum Gasteiger partial charge on any atom is -0.497 e. The lowest BCUT2D eigenvalue weighted by atomic mass is 10.1. The molecule has 0 aliphatic heterocycles. The number of ether oxygens (including phenoxy) is 2. The summed E-state index contributed by atoms with van der Waals surface area (Å²) in [5.41, 5.74) is 5.90. The van der Waals surface area contributed by atoms with E-state index in [2.05, 4.69) is 35.2 Å². The molecule has 0 saturated heterocycles. The maximum Gasteiger partial charge on any atom is 0.150 e. The maximum atomic E-state index is 10.8. The number of nitrogens with zero attached hydrogens (tertiary/aromatic N) is 1. The fourth-order valence-electron chi connectivity index (χ4n) is 3.52. The zero-order valence-electron chi connectivity index (χ0n) is 18.6. The van der Waals surface area contributed by atoms with Crippen LogP contribution in [0.3, 0.4) is 0 Å². The van der Waals surface area contributed by atoms with Gasteiger partial charge < -0.3 is 14.4 Å². The van der Waals surface area contributed by atoms with Gasteiger partial charge in [0, 0.05) is 22.6 Å². The van der Waals surface area contributed by atoms with Gasteiger partial charge in [-0.1, -0.05) is 48.6 Å². The second kappa shape index (κ2) is 10.3. The van der Waals surface area contributed by atoms with Gasteiger partial charge in [-0.3, -0.25) is 4.79 Å². The van der Waals surface area contributed by atoms with E-state index < -0.39 is 0 Å². The molecule has 0 aliphatic rings. The summed E-state index contributed by atoms with van der Waals surface area (Å²) in [5.74, 6) is 1.63. The van der Waals surface area contributed by atoms with Crippen molar-refractivity contribution >= 4 is 35.5 Å². The molecule has 0 radical (unpaired) electrons. The van der Waals surface area contributed by atoms with Crippen molar-refractivity contribution < 1.29 is 14.3 Å². The lowest BCUT2D eigenvalue weighted by molar-refractivity contribution is 0.112. The fourth-order valence-corrected chi connectivity index (χ4v) is 3.52. The Morgan fingerprint density at radius 2 is 0.848 bits per heavy atom. The maximum absolute atomic E-state index is 10.8. The van der Waals surface area contributed by atoms with Crippen LogP contribution in [-0.4, -0.2) is 20.5 Å². The van der Waals surface area contributed by atoms with E-state index in [0.29, 0.717) is 5.56 Å². The SMILES string of the molecule is COc1ccc(N(c2ccc(/C=C/c3ccc(C=O)cc3)cc2)c2ccc(OC)cc2)cc1. The van der Waals surface area contributed by atoms with E-state index in [1.54, 1.807) is 14.2 Å². The Hall–Kier alpha value is -4.31. The summed E-state index contributed by atoms with van der Waals surface area (Å²) in [7, 11) is 3.33. The monoisotopic (exact) mass is 435 g/mol. The normalized spacial score (nSPS) is 10.7. The molecule has 4 aromatic rings. The summed E-state index contributed by atoms with van der Waals surface area (Å²) in [5, 5.41) is 0. The summed E-state index contributed by atoms with van der Waals surface area (Å²) >= 11 is 0. The summed E-state index contributed by atoms with van der Waals surface area (Å²) in [6.45, 7) is 0. The highest BCUT2D eigenvalue weighted by molar-refractivity contribution is 5.79. The Morgan fingerprint density at radius 1 is 0.515 bits per heavy atom. The van der Waals surface area contributed by atoms with E-state index in [0.717, 1.165) is 46.0 Å². The molecule has 0 amide bonds. The van der Waals surface area contributed by atoms with Crippen molar-refractivity contribution in [2.45, 2.75) is 0 Å². The molecule has 0 saturated carbocycles. The minimum atomic E-state index is 0.675. The van der Waals surface area contributed by atoms with Crippen molar-refractivity contribution in [3.8, 4) is 11.5 Å². The standard InChI is InChI=1S/C29H25NO3/c1-32-28-17-13-26(14-18-28)30(27-15-19-29(33-2)20-16-27)25-11-9-23(10-12-25)4-3-22-5-7-24(21-31)8-6-22/h3-21H,1-2H3/b4-3+. The molecule has 0 bridgehead atoms. The second-order valence-electron chi connectivity index (χ2n) is 7.44. The van der Waals surface area contributed by atoms with Crippen LogP contribution in [-0.2, 0) is 0 Å². The van der Waals surface area contributed by atoms with E-state index in [1.165, 1.54) is 0 Å². The molecule has 4 rings (SSSR count). The summed E-state index contributed by atoms with van der Waals surface area (Å²) in [6, 6.07) is 31.9. The van der Waals surface area contributed by atoms with E-state index in [9.17, 15) is 4.79 Å². The summed E-state index contributed by atoms with van der Waals surface area (Å²) < 4.78 is 10.6. The predicted octanol–water partition coefficient (Wildman–Crippen LogP) is 7.16. The zero-order valence-corrected chi connectivity index (χ0v) is 18.6. The predicted molar refractivity (Wildman–Crippen MR) is 135 cm³/mol. The van der Waals surface area contributed by atoms with Gasteiger partial charge in [0.15, 0.2) is 0 Å². The Bertz CT molecular complexity index is 1160. The molecule has 0 N–H and O–H groups in total. The average molecular weight is 436 g/mol. The van der Waals surface area contributed by atoms with Crippen LogP contribution < -0.4 is 14.4 Å². The number of hydrogen-bond acceptors (Lipinski definition) is 4. The molecule has 0 aromatic heterocycles. The highest BCUT2D eigenvalue weighted by atomic mass is 16.5. The molecule has 4 aromatic carbocycles. The van der Waals surface area contributed by atoms with Crippen LogP contribution >= 0.6 is 0 Å². The molecule has 0 unspecified atom stereocenters. The molecule has 0 atom stereocenters. The molecule has 4 nitrogen and oxygen atoms in total. The van der Waals surface area contributed by atoms with Crippen LogP contribution in [0.1, 0.15) is 21.5 Å². The third-order valence-corrected chi connectivity index (χ3v) is 5.35. The second-order valence-corrected chi connectivity index (χ2v) is 7.44. The van der Waals surface area contributed by atoms with Crippen LogP contribution in [0, 0.1) is 0 Å². The van der Waals surface area contributed by atoms with E-state index in [-0.39, 0.29) is 0 Å². The van der Waals surface area contributed by atoms with Gasteiger partial charge in [-0.05, 0) is 71.8 Å². The van der Waals surface area contributed by atoms with Crippen molar-refractivity contribution in [2.24, 2.45) is 0 Å². The average Bonchev–Trinajstić information content (AvgIpc) is 2.89. The number of aldehydes is 1. The molecule has 33 heavy (non-hydrogen) atoms. The van der Waals surface area contributed by atoms with Gasteiger partial charge in [0.25, 0.3) is 0 Å². The van der Waals surface area contributed by atoms with Crippen molar-refractivity contribution in [3.05, 3.63) is 114 Å². The molecule has 164 valence electrons. The van der Waals surface area contributed by atoms with Gasteiger partial charge in [0.05, 0.1) is 14.2 Å². The molecular weight excluding hydrogens is 410 g/mol. The van der Waals surface area contributed by atoms with Gasteiger partial charge in [0.1, 0.15) is 17.8 Å². The molecular formula is C29H25NO3. The first-order valence-electron chi connectivity index (χ1n) is 10.6. The number of anilines is 3. The number of carbonyl (C=O) groups excluding carboxylic acids is 1. The Kier molecular flexibility index (Phi) is 6.86. The summed E-state index contributed by atoms with van der Waals surface area (Å²) in [6.07, 6.45) is 4.95. The minimum absolute atomic E-state index is 0.675. The highest BCUT2D eigenvalue weighted by Gasteiger charge is 2.12. The lowest BCUT2D eigenvalue weighted by Crippen LogP contribution is -2.09. The van der Waals surface area contributed by atoms with Crippen LogP contribution in [0.4, 0.5) is 17.1 Å². The molecule has 0 fully saturated rings. The largest absolute Gasteiger partial charge is 0.497 e. The van der Waals surface area contributed by atoms with Gasteiger partial charge >= 0.3 is 0 Å². The third kappa shape index (κ3) is 5.31. The zero-order chi connectivity index (χ0) is 23.0. The Morgan fingerprint density at radius 3 is 1.21 bits per heavy atom. The van der Waals surface area contributed by atoms with Gasteiger partial charge in [-0.2, -0.15) is 0 Å². The van der Waals surface area contributed by atoms with Crippen molar-refractivity contribution in [1.29, 1.82) is 0 Å². The van der Waals surface area contributed by atoms with Crippen LogP contribution in [0.15, 0.2) is 97.1 Å². The number of hydrogen-bond donors (Lipinski definition) is 0. The molecule has 0 heterocycles. The van der Waals surface area contributed by atoms with Crippen LogP contribution in [0.25, 0.3) is 12.2 Å². The molecule has 4 heteroatoms. The number of carbonyl (C=O) groups is 1. The van der Waals surface area contributed by atoms with E-state index in [4.69, 9.17) is 9.47 Å². The third-order valence-electron chi connectivity index (χ3n) is 5.35. The Balaban J connectivity index is 1.62. The van der Waals surface area contributed by atoms with E-state index >= 15 is 0 Å². The summed E-state index contributed by atoms with van der Waals surface area (Å²) in [4.78, 5) is 13.0. The van der Waals surface area contributed by atoms with Gasteiger partial charge in [-0.25, -0.2) is 0 Å². The van der Waals surface area contributed by atoms with Crippen LogP contribution in [0.5, 0.6) is 11.5 Å². The first-order chi connectivity index (χ1) is 16.2. The molecule has 0 spiro atoms. The number of rotatable bonds is 8. The smallest absolute Gasteiger partial charge is 0.150 e. The first kappa shape index (κ1) is 21.9.